The summed E-state index contributed by atoms with van der Waals surface area (Å²) in [7, 11) is 0. The van der Waals surface area contributed by atoms with Crippen molar-refractivity contribution in [2.45, 2.75) is 32.7 Å². The number of ether oxygens (including phenoxy) is 1. The summed E-state index contributed by atoms with van der Waals surface area (Å²) in [5, 5.41) is 3.64. The summed E-state index contributed by atoms with van der Waals surface area (Å²) in [6.07, 6.45) is 2.11. The Morgan fingerprint density at radius 2 is 2.10 bits per heavy atom. The van der Waals surface area contributed by atoms with Crippen LogP contribution in [0.2, 0.25) is 0 Å². The number of nitrogens with one attached hydrogen (secondary N) is 1. The number of para-hydroxylation sites is 1. The third-order valence-electron chi connectivity index (χ3n) is 3.88. The fourth-order valence-electron chi connectivity index (χ4n) is 2.78. The molecule has 21 heavy (non-hydrogen) atoms. The minimum absolute atomic E-state index is 0.268. The Hall–Kier alpha value is -1.55. The van der Waals surface area contributed by atoms with E-state index in [1.807, 2.05) is 13.0 Å². The maximum atomic E-state index is 5.93. The molecule has 1 unspecified atom stereocenters. The third kappa shape index (κ3) is 3.05. The first kappa shape index (κ1) is 14.4. The van der Waals surface area contributed by atoms with Crippen molar-refractivity contribution in [1.29, 1.82) is 0 Å². The third-order valence-corrected chi connectivity index (χ3v) is 4.32. The minimum Gasteiger partial charge on any atom is -0.493 e. The normalized spacial score (nSPS) is 17.6. The Kier molecular flexibility index (Phi) is 4.15. The van der Waals surface area contributed by atoms with Gasteiger partial charge in [-0.15, -0.1) is 0 Å². The molecule has 4 heteroatoms. The molecular weight excluding hydrogens is 328 g/mol. The summed E-state index contributed by atoms with van der Waals surface area (Å²) in [5.41, 5.74) is 4.53. The van der Waals surface area contributed by atoms with Crippen molar-refractivity contribution in [3.8, 4) is 5.75 Å². The SMILES string of the molecule is Cc1cccc2c1OCCCC2Nc1ccc(Br)nc1C. The number of hydrogen-bond donors (Lipinski definition) is 1. The molecule has 0 spiro atoms. The van der Waals surface area contributed by atoms with E-state index in [1.54, 1.807) is 0 Å². The number of benzene rings is 1. The molecule has 110 valence electrons. The van der Waals surface area contributed by atoms with E-state index in [0.29, 0.717) is 0 Å². The average molecular weight is 347 g/mol. The van der Waals surface area contributed by atoms with Crippen LogP contribution in [0, 0.1) is 13.8 Å². The molecule has 0 bridgehead atoms. The molecule has 3 nitrogen and oxygen atoms in total. The monoisotopic (exact) mass is 346 g/mol. The second-order valence-corrected chi connectivity index (χ2v) is 6.26. The van der Waals surface area contributed by atoms with E-state index >= 15 is 0 Å². The van der Waals surface area contributed by atoms with Gasteiger partial charge in [0.05, 0.1) is 24.0 Å². The molecule has 0 fully saturated rings. The van der Waals surface area contributed by atoms with Crippen LogP contribution in [0.1, 0.15) is 35.7 Å². The van der Waals surface area contributed by atoms with Crippen LogP contribution in [-0.2, 0) is 0 Å². The molecule has 0 aliphatic carbocycles. The first-order chi connectivity index (χ1) is 10.1. The first-order valence-electron chi connectivity index (χ1n) is 7.27. The lowest BCUT2D eigenvalue weighted by Crippen LogP contribution is -2.11. The fraction of sp³-hybridized carbons (Fsp3) is 0.353. The lowest BCUT2D eigenvalue weighted by Gasteiger charge is -2.21. The van der Waals surface area contributed by atoms with Crippen molar-refractivity contribution in [3.63, 3.8) is 0 Å². The van der Waals surface area contributed by atoms with Gasteiger partial charge < -0.3 is 10.1 Å². The van der Waals surface area contributed by atoms with Crippen LogP contribution >= 0.6 is 15.9 Å². The van der Waals surface area contributed by atoms with E-state index in [9.17, 15) is 0 Å². The molecule has 0 amide bonds. The topological polar surface area (TPSA) is 34.1 Å². The zero-order valence-corrected chi connectivity index (χ0v) is 13.9. The first-order valence-corrected chi connectivity index (χ1v) is 8.06. The highest BCUT2D eigenvalue weighted by Gasteiger charge is 2.21. The summed E-state index contributed by atoms with van der Waals surface area (Å²) >= 11 is 3.41. The summed E-state index contributed by atoms with van der Waals surface area (Å²) in [5.74, 6) is 1.04. The van der Waals surface area contributed by atoms with Crippen LogP contribution in [0.15, 0.2) is 34.9 Å². The predicted molar refractivity (Wildman–Crippen MR) is 88.9 cm³/mol. The van der Waals surface area contributed by atoms with E-state index in [1.165, 1.54) is 11.1 Å². The summed E-state index contributed by atoms with van der Waals surface area (Å²) in [6.45, 7) is 4.92. The van der Waals surface area contributed by atoms with E-state index in [4.69, 9.17) is 4.74 Å². The van der Waals surface area contributed by atoms with Gasteiger partial charge in [0.15, 0.2) is 0 Å². The van der Waals surface area contributed by atoms with Crippen molar-refractivity contribution in [3.05, 3.63) is 51.8 Å². The van der Waals surface area contributed by atoms with Gasteiger partial charge >= 0.3 is 0 Å². The van der Waals surface area contributed by atoms with Crippen molar-refractivity contribution in [2.24, 2.45) is 0 Å². The molecule has 1 aliphatic rings. The maximum Gasteiger partial charge on any atom is 0.127 e. The van der Waals surface area contributed by atoms with Gasteiger partial charge in [-0.05, 0) is 60.3 Å². The van der Waals surface area contributed by atoms with Crippen molar-refractivity contribution in [1.82, 2.24) is 4.98 Å². The molecule has 1 aliphatic heterocycles. The van der Waals surface area contributed by atoms with Crippen LogP contribution in [0.3, 0.4) is 0 Å². The number of anilines is 1. The Morgan fingerprint density at radius 3 is 2.90 bits per heavy atom. The van der Waals surface area contributed by atoms with Crippen molar-refractivity contribution < 1.29 is 4.74 Å². The highest BCUT2D eigenvalue weighted by atomic mass is 79.9. The highest BCUT2D eigenvalue weighted by Crippen LogP contribution is 2.36. The van der Waals surface area contributed by atoms with Crippen LogP contribution in [-0.4, -0.2) is 11.6 Å². The standard InChI is InChI=1S/C17H19BrN2O/c1-11-5-3-6-13-15(7-4-10-21-17(11)13)20-14-8-9-16(18)19-12(14)2/h3,5-6,8-9,15,20H,4,7,10H2,1-2H3. The molecule has 2 aromatic rings. The Labute approximate surface area is 133 Å². The molecular formula is C17H19BrN2O. The van der Waals surface area contributed by atoms with E-state index < -0.39 is 0 Å². The van der Waals surface area contributed by atoms with Gasteiger partial charge in [-0.1, -0.05) is 18.2 Å². The molecule has 1 aromatic heterocycles. The largest absolute Gasteiger partial charge is 0.493 e. The van der Waals surface area contributed by atoms with E-state index in [2.05, 4.69) is 57.4 Å². The van der Waals surface area contributed by atoms with E-state index in [-0.39, 0.29) is 6.04 Å². The number of aryl methyl sites for hydroxylation is 2. The van der Waals surface area contributed by atoms with Crippen LogP contribution in [0.5, 0.6) is 5.75 Å². The smallest absolute Gasteiger partial charge is 0.127 e. The zero-order chi connectivity index (χ0) is 14.8. The van der Waals surface area contributed by atoms with Gasteiger partial charge in [-0.25, -0.2) is 4.98 Å². The number of fused-ring (bicyclic) bond motifs is 1. The number of nitrogens with zero attached hydrogens (tertiary/aromatic N) is 1. The zero-order valence-electron chi connectivity index (χ0n) is 12.3. The van der Waals surface area contributed by atoms with Gasteiger partial charge in [0, 0.05) is 5.56 Å². The lowest BCUT2D eigenvalue weighted by atomic mass is 9.99. The minimum atomic E-state index is 0.268. The lowest BCUT2D eigenvalue weighted by molar-refractivity contribution is 0.314. The average Bonchev–Trinajstić information content (AvgIpc) is 2.66. The molecule has 1 aromatic carbocycles. The maximum absolute atomic E-state index is 5.93. The summed E-state index contributed by atoms with van der Waals surface area (Å²) in [4.78, 5) is 4.46. The quantitative estimate of drug-likeness (QED) is 0.794. The predicted octanol–water partition coefficient (Wildman–Crippen LogP) is 4.79. The van der Waals surface area contributed by atoms with Gasteiger partial charge in [0.2, 0.25) is 0 Å². The molecule has 1 N–H and O–H groups in total. The van der Waals surface area contributed by atoms with Gasteiger partial charge in [0.1, 0.15) is 10.4 Å². The molecule has 3 rings (SSSR count). The molecule has 2 heterocycles. The highest BCUT2D eigenvalue weighted by molar-refractivity contribution is 9.10. The van der Waals surface area contributed by atoms with E-state index in [0.717, 1.165) is 41.2 Å². The number of pyridine rings is 1. The Bertz CT molecular complexity index is 657. The Balaban J connectivity index is 1.94. The number of aromatic nitrogens is 1. The van der Waals surface area contributed by atoms with Crippen LogP contribution in [0.4, 0.5) is 5.69 Å². The Morgan fingerprint density at radius 1 is 1.24 bits per heavy atom. The van der Waals surface area contributed by atoms with Gasteiger partial charge in [-0.2, -0.15) is 0 Å². The number of hydrogen-bond acceptors (Lipinski definition) is 3. The van der Waals surface area contributed by atoms with Crippen LogP contribution < -0.4 is 10.1 Å². The second-order valence-electron chi connectivity index (χ2n) is 5.45. The number of halogens is 1. The molecule has 0 saturated carbocycles. The summed E-state index contributed by atoms with van der Waals surface area (Å²) in [6, 6.07) is 10.7. The molecule has 0 radical (unpaired) electrons. The van der Waals surface area contributed by atoms with Crippen molar-refractivity contribution in [2.75, 3.05) is 11.9 Å². The summed E-state index contributed by atoms with van der Waals surface area (Å²) < 4.78 is 6.80. The molecule has 0 saturated heterocycles. The number of rotatable bonds is 2. The van der Waals surface area contributed by atoms with Gasteiger partial charge in [-0.3, -0.25) is 0 Å². The van der Waals surface area contributed by atoms with Crippen LogP contribution in [0.25, 0.3) is 0 Å². The van der Waals surface area contributed by atoms with Crippen molar-refractivity contribution >= 4 is 21.6 Å². The van der Waals surface area contributed by atoms with Gasteiger partial charge in [0.25, 0.3) is 0 Å². The molecule has 1 atom stereocenters. The second kappa shape index (κ2) is 6.06. The fourth-order valence-corrected chi connectivity index (χ4v) is 3.18.